The van der Waals surface area contributed by atoms with Gasteiger partial charge in [0.15, 0.2) is 0 Å². The van der Waals surface area contributed by atoms with Gasteiger partial charge in [-0.15, -0.1) is 0 Å². The molecule has 142 valence electrons. The number of aliphatic imine (C=N–C) groups is 1. The number of aryl methyl sites for hydroxylation is 2. The van der Waals surface area contributed by atoms with Gasteiger partial charge in [-0.05, 0) is 31.0 Å². The van der Waals surface area contributed by atoms with Crippen LogP contribution in [0.15, 0.2) is 40.1 Å². The lowest BCUT2D eigenvalue weighted by atomic mass is 9.96. The van der Waals surface area contributed by atoms with Crippen LogP contribution >= 0.6 is 0 Å². The largest absolute Gasteiger partial charge is 0.378 e. The van der Waals surface area contributed by atoms with Crippen molar-refractivity contribution in [3.63, 3.8) is 0 Å². The van der Waals surface area contributed by atoms with E-state index in [1.165, 1.54) is 5.56 Å². The van der Waals surface area contributed by atoms with Crippen molar-refractivity contribution in [2.24, 2.45) is 4.99 Å². The minimum atomic E-state index is 0.670. The molecule has 2 aromatic heterocycles. The van der Waals surface area contributed by atoms with Crippen LogP contribution in [0.25, 0.3) is 11.1 Å². The predicted octanol–water partition coefficient (Wildman–Crippen LogP) is 2.94. The van der Waals surface area contributed by atoms with E-state index in [1.807, 2.05) is 19.9 Å². The first-order chi connectivity index (χ1) is 13.7. The molecule has 1 aromatic carbocycles. The molecule has 0 saturated carbocycles. The SMILES string of the molecule is Cc1noc(C)c1-c1ccc2c(c1)C(c1cc(N3CCOCC3)ncn1)=NC2. The van der Waals surface area contributed by atoms with Crippen LogP contribution in [0.5, 0.6) is 0 Å². The standard InChI is InChI=1S/C21H21N5O2/c1-13-20(14(2)28-25-13)15-3-4-16-11-22-21(17(16)9-15)18-10-19(24-12-23-18)26-5-7-27-8-6-26/h3-4,9-10,12H,5-8,11H2,1-2H3. The Hall–Kier alpha value is -3.06. The molecule has 0 aliphatic carbocycles. The van der Waals surface area contributed by atoms with Crippen LogP contribution < -0.4 is 4.90 Å². The molecule has 0 radical (unpaired) electrons. The summed E-state index contributed by atoms with van der Waals surface area (Å²) in [5, 5.41) is 4.09. The van der Waals surface area contributed by atoms with Gasteiger partial charge in [0.25, 0.3) is 0 Å². The Morgan fingerprint density at radius 2 is 1.89 bits per heavy atom. The van der Waals surface area contributed by atoms with Crippen molar-refractivity contribution in [2.75, 3.05) is 31.2 Å². The summed E-state index contributed by atoms with van der Waals surface area (Å²) < 4.78 is 10.8. The highest BCUT2D eigenvalue weighted by Crippen LogP contribution is 2.32. The Morgan fingerprint density at radius 3 is 2.68 bits per heavy atom. The summed E-state index contributed by atoms with van der Waals surface area (Å²) in [6, 6.07) is 8.45. The number of nitrogens with zero attached hydrogens (tertiary/aromatic N) is 5. The second-order valence-electron chi connectivity index (χ2n) is 7.10. The summed E-state index contributed by atoms with van der Waals surface area (Å²) in [4.78, 5) is 16.0. The van der Waals surface area contributed by atoms with Crippen LogP contribution in [-0.2, 0) is 11.3 Å². The summed E-state index contributed by atoms with van der Waals surface area (Å²) >= 11 is 0. The molecule has 0 spiro atoms. The zero-order valence-electron chi connectivity index (χ0n) is 16.0. The molecule has 1 fully saturated rings. The highest BCUT2D eigenvalue weighted by atomic mass is 16.5. The molecule has 0 amide bonds. The lowest BCUT2D eigenvalue weighted by molar-refractivity contribution is 0.122. The van der Waals surface area contributed by atoms with Crippen molar-refractivity contribution in [1.29, 1.82) is 0 Å². The maximum Gasteiger partial charge on any atom is 0.141 e. The van der Waals surface area contributed by atoms with E-state index in [0.29, 0.717) is 6.54 Å². The molecule has 28 heavy (non-hydrogen) atoms. The van der Waals surface area contributed by atoms with E-state index in [0.717, 1.165) is 71.7 Å². The Morgan fingerprint density at radius 1 is 1.04 bits per heavy atom. The zero-order chi connectivity index (χ0) is 19.1. The molecule has 2 aliphatic rings. The second-order valence-corrected chi connectivity index (χ2v) is 7.10. The van der Waals surface area contributed by atoms with Crippen molar-refractivity contribution < 1.29 is 9.26 Å². The number of hydrogen-bond donors (Lipinski definition) is 0. The third-order valence-electron chi connectivity index (χ3n) is 5.32. The van der Waals surface area contributed by atoms with Gasteiger partial charge in [-0.3, -0.25) is 4.99 Å². The Balaban J connectivity index is 1.52. The summed E-state index contributed by atoms with van der Waals surface area (Å²) in [6.07, 6.45) is 1.62. The number of fused-ring (bicyclic) bond motifs is 1. The number of aromatic nitrogens is 3. The average molecular weight is 375 g/mol. The van der Waals surface area contributed by atoms with Gasteiger partial charge in [0.1, 0.15) is 17.9 Å². The fraction of sp³-hybridized carbons (Fsp3) is 0.333. The number of morpholine rings is 1. The molecular weight excluding hydrogens is 354 g/mol. The van der Waals surface area contributed by atoms with Gasteiger partial charge in [0.05, 0.1) is 36.9 Å². The minimum Gasteiger partial charge on any atom is -0.378 e. The first-order valence-electron chi connectivity index (χ1n) is 9.47. The molecule has 4 heterocycles. The average Bonchev–Trinajstić information content (AvgIpc) is 3.31. The molecule has 0 atom stereocenters. The lowest BCUT2D eigenvalue weighted by Gasteiger charge is -2.27. The topological polar surface area (TPSA) is 76.6 Å². The number of ether oxygens (including phenoxy) is 1. The van der Waals surface area contributed by atoms with Crippen molar-refractivity contribution in [2.45, 2.75) is 20.4 Å². The van der Waals surface area contributed by atoms with Gasteiger partial charge in [-0.2, -0.15) is 0 Å². The summed E-state index contributed by atoms with van der Waals surface area (Å²) in [5.74, 6) is 1.75. The van der Waals surface area contributed by atoms with E-state index < -0.39 is 0 Å². The Bertz CT molecular complexity index is 1050. The lowest BCUT2D eigenvalue weighted by Crippen LogP contribution is -2.36. The zero-order valence-corrected chi connectivity index (χ0v) is 16.0. The van der Waals surface area contributed by atoms with Gasteiger partial charge in [0, 0.05) is 30.3 Å². The molecule has 3 aromatic rings. The van der Waals surface area contributed by atoms with Crippen LogP contribution in [0, 0.1) is 13.8 Å². The van der Waals surface area contributed by atoms with Gasteiger partial charge >= 0.3 is 0 Å². The van der Waals surface area contributed by atoms with Gasteiger partial charge in [-0.25, -0.2) is 9.97 Å². The molecular formula is C21H21N5O2. The van der Waals surface area contributed by atoms with Crippen LogP contribution in [0.3, 0.4) is 0 Å². The molecule has 0 bridgehead atoms. The number of hydrogen-bond acceptors (Lipinski definition) is 7. The monoisotopic (exact) mass is 375 g/mol. The molecule has 1 saturated heterocycles. The van der Waals surface area contributed by atoms with Crippen LogP contribution in [-0.4, -0.2) is 47.1 Å². The molecule has 7 nitrogen and oxygen atoms in total. The summed E-state index contributed by atoms with van der Waals surface area (Å²) in [6.45, 7) is 7.71. The van der Waals surface area contributed by atoms with E-state index in [2.05, 4.69) is 38.2 Å². The normalized spacial score (nSPS) is 16.2. The third-order valence-corrected chi connectivity index (χ3v) is 5.32. The Kier molecular flexibility index (Phi) is 4.16. The van der Waals surface area contributed by atoms with Crippen molar-refractivity contribution in [3.8, 4) is 11.1 Å². The third kappa shape index (κ3) is 2.88. The Labute approximate surface area is 163 Å². The molecule has 5 rings (SSSR count). The smallest absolute Gasteiger partial charge is 0.141 e. The minimum absolute atomic E-state index is 0.670. The second kappa shape index (κ2) is 6.83. The molecule has 0 N–H and O–H groups in total. The van der Waals surface area contributed by atoms with Crippen molar-refractivity contribution in [3.05, 3.63) is 58.9 Å². The van der Waals surface area contributed by atoms with E-state index in [4.69, 9.17) is 14.3 Å². The molecule has 7 heteroatoms. The summed E-state index contributed by atoms with van der Waals surface area (Å²) in [5.41, 5.74) is 7.12. The highest BCUT2D eigenvalue weighted by molar-refractivity contribution is 6.14. The fourth-order valence-corrected chi connectivity index (χ4v) is 3.90. The van der Waals surface area contributed by atoms with Gasteiger partial charge in [0.2, 0.25) is 0 Å². The van der Waals surface area contributed by atoms with Crippen LogP contribution in [0.2, 0.25) is 0 Å². The first kappa shape index (κ1) is 17.1. The van der Waals surface area contributed by atoms with Crippen LogP contribution in [0.1, 0.15) is 28.3 Å². The maximum absolute atomic E-state index is 5.44. The maximum atomic E-state index is 5.44. The first-order valence-corrected chi connectivity index (χ1v) is 9.47. The van der Waals surface area contributed by atoms with Gasteiger partial charge in [-0.1, -0.05) is 17.3 Å². The van der Waals surface area contributed by atoms with Crippen molar-refractivity contribution >= 4 is 11.5 Å². The molecule has 2 aliphatic heterocycles. The van der Waals surface area contributed by atoms with Crippen molar-refractivity contribution in [1.82, 2.24) is 15.1 Å². The summed E-state index contributed by atoms with van der Waals surface area (Å²) in [7, 11) is 0. The van der Waals surface area contributed by atoms with Crippen LogP contribution in [0.4, 0.5) is 5.82 Å². The fourth-order valence-electron chi connectivity index (χ4n) is 3.90. The number of anilines is 1. The van der Waals surface area contributed by atoms with E-state index >= 15 is 0 Å². The quantitative estimate of drug-likeness (QED) is 0.701. The highest BCUT2D eigenvalue weighted by Gasteiger charge is 2.22. The number of rotatable bonds is 3. The van der Waals surface area contributed by atoms with E-state index in [1.54, 1.807) is 6.33 Å². The predicted molar refractivity (Wildman–Crippen MR) is 106 cm³/mol. The number of benzene rings is 1. The van der Waals surface area contributed by atoms with Gasteiger partial charge < -0.3 is 14.2 Å². The molecule has 0 unspecified atom stereocenters. The van der Waals surface area contributed by atoms with E-state index in [-0.39, 0.29) is 0 Å². The van der Waals surface area contributed by atoms with E-state index in [9.17, 15) is 0 Å².